The highest BCUT2D eigenvalue weighted by Gasteiger charge is 2.76. The molecule has 0 saturated heterocycles. The molecule has 0 aromatic carbocycles. The summed E-state index contributed by atoms with van der Waals surface area (Å²) in [6, 6.07) is 0. The molecule has 10 rings (SSSR count). The summed E-state index contributed by atoms with van der Waals surface area (Å²) in [6.45, 7) is 39.6. The van der Waals surface area contributed by atoms with Crippen LogP contribution in [-0.4, -0.2) is 140 Å². The van der Waals surface area contributed by atoms with Crippen LogP contribution < -0.4 is 0 Å². The monoisotopic (exact) mass is 1370 g/mol. The maximum absolute atomic E-state index is 13.2. The van der Waals surface area contributed by atoms with Gasteiger partial charge >= 0.3 is 23.9 Å². The summed E-state index contributed by atoms with van der Waals surface area (Å²) in [4.78, 5) is 51.5. The molecular weight excluding hydrogens is 1240 g/mol. The number of hydrogen-bond acceptors (Lipinski definition) is 16. The van der Waals surface area contributed by atoms with Crippen molar-refractivity contribution in [2.45, 2.75) is 309 Å². The first-order valence-electron chi connectivity index (χ1n) is 38.3. The first kappa shape index (κ1) is 78.7. The normalized spacial score (nSPS) is 46.0. The van der Waals surface area contributed by atoms with Gasteiger partial charge < -0.3 is 59.8 Å². The van der Waals surface area contributed by atoms with Gasteiger partial charge in [-0.05, 0) is 216 Å². The first-order chi connectivity index (χ1) is 45.5. The van der Waals surface area contributed by atoms with Crippen molar-refractivity contribution in [1.82, 2.24) is 0 Å². The molecule has 0 spiro atoms. The third-order valence-corrected chi connectivity index (χ3v) is 31.6. The van der Waals surface area contributed by atoms with Crippen LogP contribution in [0.3, 0.4) is 0 Å². The van der Waals surface area contributed by atoms with Gasteiger partial charge in [0.25, 0.3) is 0 Å². The third kappa shape index (κ3) is 12.1. The van der Waals surface area contributed by atoms with E-state index in [0.717, 1.165) is 70.6 Å². The molecule has 24 atom stereocenters. The number of fused-ring (bicyclic) bond motifs is 14. The molecule has 16 heteroatoms. The summed E-state index contributed by atoms with van der Waals surface area (Å²) in [5.74, 6) is -1.30. The number of carbonyl (C=O) groups excluding carboxylic acids is 4. The van der Waals surface area contributed by atoms with E-state index in [4.69, 9.17) is 18.9 Å². The van der Waals surface area contributed by atoms with E-state index in [9.17, 15) is 60.0 Å². The maximum Gasteiger partial charge on any atom is 0.333 e. The summed E-state index contributed by atoms with van der Waals surface area (Å²) in [6.07, 6.45) is 14.9. The van der Waals surface area contributed by atoms with Crippen LogP contribution in [0.15, 0.2) is 46.6 Å². The third-order valence-electron chi connectivity index (χ3n) is 31.6. The molecular formula is C82H132O16. The molecule has 0 aliphatic heterocycles. The van der Waals surface area contributed by atoms with Gasteiger partial charge in [0, 0.05) is 28.4 Å². The summed E-state index contributed by atoms with van der Waals surface area (Å²) in [5, 5.41) is 94.6. The standard InChI is InChI=1S/2C41H66O8/c1-11-24(4)34(46)48-22-38(8)28-16-19-39(9)29(37(28,7)18-17-30(38)42)15-14-26-27-20-36(5,6)32(44)33(45)41(27,31(43)21-40(26,39)10)23-49-35(47)25(12-2)13-3;1-10-12-13-14-32(44)48-24-41-27(21-36(4,5)33(45)34(41)46)26-15-16-29-37(6)19-18-30(42)38(7,23-49-35(47)25(3)11-2)28(37)17-20-39(29,8)40(26,9)22-31(41)43/h11,14,25,27-33,42-45H,12-13,15-23H2,1-10H3;11,15,27-31,33-34,42-43,45-46H,10,12-14,16-24H2,1-9H3/b24-11+;25-11+/t27?,28?,29?,30-,31+,32-,33-,37-,38+,39+,40+,41-;27?,28?,29?,30-,31+,33-,34-,37-,38+,39+,40+,41-/m00/s1. The Morgan fingerprint density at radius 3 is 1.23 bits per heavy atom. The Hall–Kier alpha value is -3.48. The second-order valence-corrected chi connectivity index (χ2v) is 37.0. The van der Waals surface area contributed by atoms with Crippen molar-refractivity contribution < 1.29 is 79.0 Å². The van der Waals surface area contributed by atoms with Crippen LogP contribution in [0.4, 0.5) is 0 Å². The molecule has 16 nitrogen and oxygen atoms in total. The fourth-order valence-electron chi connectivity index (χ4n) is 24.4. The lowest BCUT2D eigenvalue weighted by Crippen LogP contribution is -2.72. The van der Waals surface area contributed by atoms with Crippen LogP contribution in [0, 0.1) is 106 Å². The number of allylic oxidation sites excluding steroid dienone is 6. The van der Waals surface area contributed by atoms with Crippen molar-refractivity contribution in [3.8, 4) is 0 Å². The Morgan fingerprint density at radius 1 is 0.480 bits per heavy atom. The molecule has 0 bridgehead atoms. The van der Waals surface area contributed by atoms with E-state index in [-0.39, 0.29) is 113 Å². The summed E-state index contributed by atoms with van der Waals surface area (Å²) >= 11 is 0. The zero-order valence-corrected chi connectivity index (χ0v) is 63.8. The van der Waals surface area contributed by atoms with Gasteiger partial charge in [0.05, 0.1) is 78.8 Å². The van der Waals surface area contributed by atoms with Crippen molar-refractivity contribution in [2.75, 3.05) is 26.4 Å². The number of unbranched alkanes of at least 4 members (excludes halogenated alkanes) is 2. The van der Waals surface area contributed by atoms with E-state index in [1.54, 1.807) is 26.0 Å². The van der Waals surface area contributed by atoms with Gasteiger partial charge in [-0.1, -0.05) is 152 Å². The number of carbonyl (C=O) groups is 4. The number of aliphatic hydroxyl groups is 8. The average molecular weight is 1370 g/mol. The molecule has 8 saturated carbocycles. The van der Waals surface area contributed by atoms with Gasteiger partial charge in [-0.2, -0.15) is 0 Å². The molecule has 0 aromatic heterocycles. The molecule has 10 aliphatic carbocycles. The van der Waals surface area contributed by atoms with E-state index in [2.05, 4.69) is 74.5 Å². The van der Waals surface area contributed by atoms with Gasteiger partial charge in [0.2, 0.25) is 0 Å². The van der Waals surface area contributed by atoms with E-state index in [1.165, 1.54) is 11.1 Å². The Bertz CT molecular complexity index is 3090. The van der Waals surface area contributed by atoms with Crippen LogP contribution in [0.2, 0.25) is 0 Å². The Labute approximate surface area is 588 Å². The minimum Gasteiger partial charge on any atom is -0.465 e. The van der Waals surface area contributed by atoms with E-state index in [1.807, 2.05) is 55.4 Å². The minimum atomic E-state index is -1.26. The van der Waals surface area contributed by atoms with Crippen LogP contribution in [0.25, 0.3) is 0 Å². The van der Waals surface area contributed by atoms with Crippen molar-refractivity contribution in [2.24, 2.45) is 106 Å². The van der Waals surface area contributed by atoms with Gasteiger partial charge in [-0.25, -0.2) is 9.59 Å². The maximum atomic E-state index is 13.2. The lowest BCUT2D eigenvalue weighted by Gasteiger charge is -2.72. The van der Waals surface area contributed by atoms with Crippen molar-refractivity contribution in [1.29, 1.82) is 0 Å². The number of aliphatic hydroxyl groups excluding tert-OH is 8. The fraction of sp³-hybridized carbons (Fsp3) is 0.854. The Morgan fingerprint density at radius 2 is 0.867 bits per heavy atom. The van der Waals surface area contributed by atoms with Gasteiger partial charge in [0.1, 0.15) is 13.2 Å². The largest absolute Gasteiger partial charge is 0.465 e. The highest BCUT2D eigenvalue weighted by atomic mass is 16.5. The van der Waals surface area contributed by atoms with Crippen LogP contribution in [0.1, 0.15) is 260 Å². The quantitative estimate of drug-likeness (QED) is 0.0221. The van der Waals surface area contributed by atoms with E-state index in [0.29, 0.717) is 68.9 Å². The number of esters is 4. The SMILES string of the molecule is C/C=C(\C)C(=O)OC[C@]1(C)C2CC[C@]3(C)C(CC=C4C5CC(C)(C)[C@@H](O)[C@H](O)[C@]5(COC(=O)C(CC)CC)[C@H](O)C[C@]43C)[C@@]2(C)CC[C@@H]1O.C/C=C(\C)C(=O)OC[C@]1(C)C2CC[C@]3(C)C(CC=C4C5CC(C)(C)[C@@H](O)[C@H](O)[C@]5(COC(=O)CCCCC)[C@H](O)C[C@]43C)[C@@]2(C)CC[C@@H]1O. The Balaban J connectivity index is 0.000000229. The second kappa shape index (κ2) is 27.9. The number of hydrogen-bond donors (Lipinski definition) is 8. The van der Waals surface area contributed by atoms with Crippen LogP contribution in [-0.2, 0) is 38.1 Å². The van der Waals surface area contributed by atoms with Gasteiger partial charge in [-0.15, -0.1) is 0 Å². The topological polar surface area (TPSA) is 267 Å². The predicted molar refractivity (Wildman–Crippen MR) is 378 cm³/mol. The second-order valence-electron chi connectivity index (χ2n) is 37.0. The molecule has 8 fully saturated rings. The summed E-state index contributed by atoms with van der Waals surface area (Å²) in [5.41, 5.74) is -2.70. The van der Waals surface area contributed by atoms with Crippen molar-refractivity contribution in [3.63, 3.8) is 0 Å². The average Bonchev–Trinajstić information content (AvgIpc) is 0.675. The number of rotatable bonds is 17. The van der Waals surface area contributed by atoms with Crippen LogP contribution in [0.5, 0.6) is 0 Å². The number of ether oxygens (including phenoxy) is 4. The van der Waals surface area contributed by atoms with Crippen molar-refractivity contribution in [3.05, 3.63) is 46.6 Å². The molecule has 98 heavy (non-hydrogen) atoms. The fourth-order valence-corrected chi connectivity index (χ4v) is 24.4. The molecule has 0 radical (unpaired) electrons. The highest BCUT2D eigenvalue weighted by Crippen LogP contribution is 2.78. The Kier molecular flexibility index (Phi) is 22.4. The lowest BCUT2D eigenvalue weighted by atomic mass is 9.33. The highest BCUT2D eigenvalue weighted by molar-refractivity contribution is 5.88. The minimum absolute atomic E-state index is 0.118. The molecule has 6 unspecified atom stereocenters. The molecule has 8 N–H and O–H groups in total. The van der Waals surface area contributed by atoms with Crippen molar-refractivity contribution >= 4 is 23.9 Å². The van der Waals surface area contributed by atoms with E-state index < -0.39 is 92.2 Å². The zero-order chi connectivity index (χ0) is 72.9. The molecule has 0 heterocycles. The smallest absolute Gasteiger partial charge is 0.333 e. The zero-order valence-electron chi connectivity index (χ0n) is 63.8. The molecule has 10 aliphatic rings. The summed E-state index contributed by atoms with van der Waals surface area (Å²) in [7, 11) is 0. The lowest BCUT2D eigenvalue weighted by molar-refractivity contribution is -0.261. The summed E-state index contributed by atoms with van der Waals surface area (Å²) < 4.78 is 23.7. The van der Waals surface area contributed by atoms with Crippen LogP contribution >= 0.6 is 0 Å². The molecule has 0 aromatic rings. The van der Waals surface area contributed by atoms with E-state index >= 15 is 0 Å². The first-order valence-corrected chi connectivity index (χ1v) is 38.3. The van der Waals surface area contributed by atoms with Gasteiger partial charge in [0.15, 0.2) is 0 Å². The van der Waals surface area contributed by atoms with Gasteiger partial charge in [-0.3, -0.25) is 9.59 Å². The predicted octanol–water partition coefficient (Wildman–Crippen LogP) is 13.2. The molecule has 0 amide bonds. The molecule has 556 valence electrons.